The molecule has 1 aromatic carbocycles. The summed E-state index contributed by atoms with van der Waals surface area (Å²) in [6.07, 6.45) is 1.20. The summed E-state index contributed by atoms with van der Waals surface area (Å²) in [5.74, 6) is 0.240. The molecule has 0 unspecified atom stereocenters. The van der Waals surface area contributed by atoms with Gasteiger partial charge in [0.15, 0.2) is 0 Å². The summed E-state index contributed by atoms with van der Waals surface area (Å²) in [4.78, 5) is 0. The van der Waals surface area contributed by atoms with Gasteiger partial charge in [-0.1, -0.05) is 18.2 Å². The quantitative estimate of drug-likeness (QED) is 0.746. The largest absolute Gasteiger partial charge is 0.380 e. The van der Waals surface area contributed by atoms with E-state index in [0.717, 1.165) is 18.6 Å². The topological polar surface area (TPSA) is 18.5 Å². The van der Waals surface area contributed by atoms with Crippen LogP contribution in [0.25, 0.3) is 0 Å². The molecule has 0 N–H and O–H groups in total. The van der Waals surface area contributed by atoms with Gasteiger partial charge in [0, 0.05) is 0 Å². The molecule has 2 aliphatic rings. The third kappa shape index (κ3) is 1.69. The van der Waals surface area contributed by atoms with Crippen LogP contribution in [0.15, 0.2) is 24.3 Å². The van der Waals surface area contributed by atoms with Crippen molar-refractivity contribution in [1.82, 2.24) is 0 Å². The molecule has 1 aromatic rings. The highest BCUT2D eigenvalue weighted by molar-refractivity contribution is 5.30. The number of ether oxygens (including phenoxy) is 2. The van der Waals surface area contributed by atoms with Crippen LogP contribution in [-0.2, 0) is 14.9 Å². The molecule has 3 rings (SSSR count). The van der Waals surface area contributed by atoms with Crippen molar-refractivity contribution in [2.45, 2.75) is 24.9 Å². The van der Waals surface area contributed by atoms with E-state index in [-0.39, 0.29) is 17.3 Å². The van der Waals surface area contributed by atoms with Gasteiger partial charge in [-0.25, -0.2) is 4.39 Å². The summed E-state index contributed by atoms with van der Waals surface area (Å²) >= 11 is 0. The molecule has 0 saturated carbocycles. The molecule has 3 atom stereocenters. The number of fused-ring (bicyclic) bond motifs is 1. The van der Waals surface area contributed by atoms with Crippen molar-refractivity contribution < 1.29 is 13.9 Å². The molecule has 2 aliphatic heterocycles. The molecule has 0 radical (unpaired) electrons. The maximum atomic E-state index is 14.0. The lowest BCUT2D eigenvalue weighted by Gasteiger charge is -2.40. The molecule has 92 valence electrons. The first-order valence-corrected chi connectivity index (χ1v) is 6.17. The molecule has 2 nitrogen and oxygen atoms in total. The molecule has 0 amide bonds. The molecule has 0 spiro atoms. The molecule has 0 aliphatic carbocycles. The van der Waals surface area contributed by atoms with Crippen molar-refractivity contribution in [2.24, 2.45) is 5.92 Å². The van der Waals surface area contributed by atoms with Crippen molar-refractivity contribution >= 4 is 0 Å². The van der Waals surface area contributed by atoms with Crippen LogP contribution in [-0.4, -0.2) is 25.9 Å². The Morgan fingerprint density at radius 3 is 2.94 bits per heavy atom. The van der Waals surface area contributed by atoms with E-state index in [2.05, 4.69) is 6.92 Å². The van der Waals surface area contributed by atoms with E-state index in [1.54, 1.807) is 6.07 Å². The molecule has 17 heavy (non-hydrogen) atoms. The van der Waals surface area contributed by atoms with Crippen LogP contribution < -0.4 is 0 Å². The predicted molar refractivity (Wildman–Crippen MR) is 62.4 cm³/mol. The van der Waals surface area contributed by atoms with Gasteiger partial charge in [0.25, 0.3) is 0 Å². The van der Waals surface area contributed by atoms with E-state index in [0.29, 0.717) is 19.1 Å². The third-order valence-corrected chi connectivity index (χ3v) is 4.11. The Bertz CT molecular complexity index is 420. The van der Waals surface area contributed by atoms with Crippen molar-refractivity contribution in [1.29, 1.82) is 0 Å². The SMILES string of the molecule is C[C@H]1C[C@H]2COC[C@@]2(c2ccccc2F)CO1. The van der Waals surface area contributed by atoms with Crippen molar-refractivity contribution in [3.63, 3.8) is 0 Å². The number of halogens is 1. The van der Waals surface area contributed by atoms with Crippen LogP contribution in [0, 0.1) is 11.7 Å². The van der Waals surface area contributed by atoms with Crippen LogP contribution in [0.2, 0.25) is 0 Å². The zero-order valence-corrected chi connectivity index (χ0v) is 9.99. The second-order valence-electron chi connectivity index (χ2n) is 5.21. The summed E-state index contributed by atoms with van der Waals surface area (Å²) in [7, 11) is 0. The fourth-order valence-corrected chi connectivity index (χ4v) is 3.11. The van der Waals surface area contributed by atoms with E-state index in [1.165, 1.54) is 6.07 Å². The maximum absolute atomic E-state index is 14.0. The minimum absolute atomic E-state index is 0.138. The van der Waals surface area contributed by atoms with E-state index < -0.39 is 0 Å². The first kappa shape index (κ1) is 11.2. The number of rotatable bonds is 1. The average Bonchev–Trinajstić information content (AvgIpc) is 2.73. The molecule has 0 aromatic heterocycles. The van der Waals surface area contributed by atoms with E-state index >= 15 is 0 Å². The van der Waals surface area contributed by atoms with Crippen molar-refractivity contribution in [3.8, 4) is 0 Å². The van der Waals surface area contributed by atoms with Crippen LogP contribution in [0.3, 0.4) is 0 Å². The second-order valence-corrected chi connectivity index (χ2v) is 5.21. The highest BCUT2D eigenvalue weighted by Crippen LogP contribution is 2.44. The van der Waals surface area contributed by atoms with Crippen molar-refractivity contribution in [2.75, 3.05) is 19.8 Å². The van der Waals surface area contributed by atoms with E-state index in [1.807, 2.05) is 12.1 Å². The number of benzene rings is 1. The summed E-state index contributed by atoms with van der Waals surface area (Å²) in [5.41, 5.74) is 0.493. The fourth-order valence-electron chi connectivity index (χ4n) is 3.11. The van der Waals surface area contributed by atoms with Gasteiger partial charge in [0.2, 0.25) is 0 Å². The predicted octanol–water partition coefficient (Wildman–Crippen LogP) is 2.52. The second kappa shape index (κ2) is 4.07. The Hall–Kier alpha value is -0.930. The summed E-state index contributed by atoms with van der Waals surface area (Å²) in [6.45, 7) is 3.94. The highest BCUT2D eigenvalue weighted by atomic mass is 19.1. The summed E-state index contributed by atoms with van der Waals surface area (Å²) < 4.78 is 25.4. The van der Waals surface area contributed by atoms with Gasteiger partial charge in [0.05, 0.1) is 31.3 Å². The molecule has 2 heterocycles. The normalized spacial score (nSPS) is 36.8. The summed E-state index contributed by atoms with van der Waals surface area (Å²) in [5, 5.41) is 0. The molecule has 2 fully saturated rings. The molecular weight excluding hydrogens is 219 g/mol. The minimum atomic E-state index is -0.266. The van der Waals surface area contributed by atoms with E-state index in [4.69, 9.17) is 9.47 Å². The molecule has 0 bridgehead atoms. The first-order chi connectivity index (χ1) is 8.22. The first-order valence-electron chi connectivity index (χ1n) is 6.17. The Morgan fingerprint density at radius 1 is 1.29 bits per heavy atom. The van der Waals surface area contributed by atoms with Crippen molar-refractivity contribution in [3.05, 3.63) is 35.6 Å². The third-order valence-electron chi connectivity index (χ3n) is 4.11. The maximum Gasteiger partial charge on any atom is 0.127 e. The lowest BCUT2D eigenvalue weighted by Crippen LogP contribution is -2.46. The lowest BCUT2D eigenvalue weighted by molar-refractivity contribution is -0.0394. The van der Waals surface area contributed by atoms with Gasteiger partial charge in [-0.3, -0.25) is 0 Å². The van der Waals surface area contributed by atoms with Crippen LogP contribution >= 0.6 is 0 Å². The standard InChI is InChI=1S/C14H17FO2/c1-10-6-11-7-16-8-14(11,9-17-10)12-4-2-3-5-13(12)15/h2-5,10-11H,6-9H2,1H3/t10-,11-,14+/m0/s1. The fraction of sp³-hybridized carbons (Fsp3) is 0.571. The van der Waals surface area contributed by atoms with Crippen LogP contribution in [0.5, 0.6) is 0 Å². The van der Waals surface area contributed by atoms with Gasteiger partial charge in [-0.05, 0) is 30.9 Å². The Labute approximate surface area is 101 Å². The highest BCUT2D eigenvalue weighted by Gasteiger charge is 2.50. The number of hydrogen-bond acceptors (Lipinski definition) is 2. The van der Waals surface area contributed by atoms with E-state index in [9.17, 15) is 4.39 Å². The number of hydrogen-bond donors (Lipinski definition) is 0. The average molecular weight is 236 g/mol. The Kier molecular flexibility index (Phi) is 2.68. The van der Waals surface area contributed by atoms with Gasteiger partial charge >= 0.3 is 0 Å². The van der Waals surface area contributed by atoms with Gasteiger partial charge in [0.1, 0.15) is 5.82 Å². The van der Waals surface area contributed by atoms with Crippen LogP contribution in [0.4, 0.5) is 4.39 Å². The zero-order chi connectivity index (χ0) is 11.9. The Balaban J connectivity index is 2.02. The molecule has 3 heteroatoms. The zero-order valence-electron chi connectivity index (χ0n) is 9.99. The Morgan fingerprint density at radius 2 is 2.12 bits per heavy atom. The monoisotopic (exact) mass is 236 g/mol. The molecular formula is C14H17FO2. The molecule has 2 saturated heterocycles. The minimum Gasteiger partial charge on any atom is -0.380 e. The summed E-state index contributed by atoms with van der Waals surface area (Å²) in [6, 6.07) is 7.01. The smallest absolute Gasteiger partial charge is 0.127 e. The van der Waals surface area contributed by atoms with Gasteiger partial charge in [-0.2, -0.15) is 0 Å². The van der Waals surface area contributed by atoms with Gasteiger partial charge < -0.3 is 9.47 Å². The van der Waals surface area contributed by atoms with Gasteiger partial charge in [-0.15, -0.1) is 0 Å². The van der Waals surface area contributed by atoms with Crippen LogP contribution in [0.1, 0.15) is 18.9 Å². The lowest BCUT2D eigenvalue weighted by atomic mass is 9.69.